The van der Waals surface area contributed by atoms with Crippen molar-refractivity contribution in [1.29, 1.82) is 0 Å². The molecule has 0 radical (unpaired) electrons. The first-order valence-corrected chi connectivity index (χ1v) is 35.9. The van der Waals surface area contributed by atoms with Crippen LogP contribution in [0.3, 0.4) is 0 Å². The van der Waals surface area contributed by atoms with Gasteiger partial charge in [-0.15, -0.1) is 0 Å². The Bertz CT molecular complexity index is 3050. The second-order valence-corrected chi connectivity index (χ2v) is 28.8. The minimum Gasteiger partial charge on any atom is -0.477 e. The highest BCUT2D eigenvalue weighted by Crippen LogP contribution is 2.45. The van der Waals surface area contributed by atoms with Gasteiger partial charge in [0.05, 0.1) is 71.7 Å². The summed E-state index contributed by atoms with van der Waals surface area (Å²) < 4.78 is 100. The van der Waals surface area contributed by atoms with Crippen molar-refractivity contribution >= 4 is 17.8 Å². The normalized spacial score (nSPS) is 49.2. The van der Waals surface area contributed by atoms with Gasteiger partial charge in [0.1, 0.15) is 220 Å². The van der Waals surface area contributed by atoms with E-state index in [0.29, 0.717) is 0 Å². The topological polar surface area (TPSA) is 868 Å². The zero-order valence-electron chi connectivity index (χ0n) is 60.2. The maximum atomic E-state index is 13.5. The van der Waals surface area contributed by atoms with Crippen molar-refractivity contribution in [2.24, 2.45) is 0 Å². The fraction of sp³-hybridized carbons (Fsp3) is 0.952. The van der Waals surface area contributed by atoms with E-state index < -0.39 is 378 Å². The fourth-order valence-corrected chi connectivity index (χ4v) is 14.7. The molecule has 0 aliphatic carbocycles. The lowest BCUT2D eigenvalue weighted by atomic mass is 9.89. The van der Waals surface area contributed by atoms with Crippen LogP contribution in [0.25, 0.3) is 0 Å². The maximum absolute atomic E-state index is 13.5. The molecule has 0 spiro atoms. The Labute approximate surface area is 646 Å². The van der Waals surface area contributed by atoms with Crippen LogP contribution in [0.1, 0.15) is 19.8 Å². The predicted octanol–water partition coefficient (Wildman–Crippen LogP) is -22.1. The first kappa shape index (κ1) is 95.4. The Balaban J connectivity index is 1.20. The number of aliphatic hydroxyl groups is 30. The monoisotopic (exact) mass is 1690 g/mol. The number of amides is 1. The van der Waals surface area contributed by atoms with Gasteiger partial charge >= 0.3 is 11.9 Å². The molecule has 0 saturated carbocycles. The maximum Gasteiger partial charge on any atom is 0.364 e. The van der Waals surface area contributed by atoms with Crippen molar-refractivity contribution in [2.45, 2.75) is 307 Å². The molecular weight excluding hydrogens is 1590 g/mol. The molecule has 53 nitrogen and oxygen atoms in total. The van der Waals surface area contributed by atoms with Crippen molar-refractivity contribution in [3.05, 3.63) is 0 Å². The number of aliphatic hydroxyl groups excluding tert-OH is 29. The Kier molecular flexibility index (Phi) is 33.4. The molecule has 0 aromatic carbocycles. The summed E-state index contributed by atoms with van der Waals surface area (Å²) in [7, 11) is 0. The van der Waals surface area contributed by atoms with Crippen LogP contribution in [0.4, 0.5) is 0 Å². The van der Waals surface area contributed by atoms with Gasteiger partial charge in [-0.3, -0.25) is 4.79 Å². The molecule has 0 aromatic rings. The van der Waals surface area contributed by atoms with Crippen molar-refractivity contribution < 1.29 is 258 Å². The summed E-state index contributed by atoms with van der Waals surface area (Å²) in [6.07, 6.45) is -109. The third kappa shape index (κ3) is 19.9. The molecule has 6 unspecified atom stereocenters. The van der Waals surface area contributed by atoms with Crippen LogP contribution in [-0.4, -0.2) is 528 Å². The summed E-state index contributed by atoms with van der Waals surface area (Å²) >= 11 is 0. The standard InChI is InChI=1S/C62H103NO52/c1-13(73)63-25-30(83)27(80)20(8-68)99-52(25)112-51-48(109-55-37(90)33(86)45(23(11-71)102-55)106-53-35(88)31(84)28(81)21(9-69)100-53)39(92)41(15(75)4-64)104-58(51)110-49-40(93)57(105-43(17(77)6-66)50(49)111-56-38(91)34(87)46(24(12-72)103-56)107-54-36(89)32(85)29(82)22(10-70)101-54)108-47-19(3-61(98,59(94)95)114-44(47)18(78)7-67)113-62(60(96)97)2-14(74)26(79)42(115-62)16(76)5-65/h14-58,64-72,74-93,98H,2-12H2,1H3,(H,63,73)(H,94,95)(H,96,97)/t14-,15?,16-,17+,18-,19-,20-,21-,22-,23-,24-,25-,26-,27-,28+,29+,30-,31+,32+,33-,34-,35-,36-,37-,38-,39?,40+,41?,42-,43-,44-,45-,46-,47-,48?,49-,50-,51?,52-,53+,54+,55-,56+,57-,58?,61-,62-/m1/s1. The first-order valence-electron chi connectivity index (χ1n) is 35.9. The zero-order chi connectivity index (χ0) is 85.2. The molecule has 9 aliphatic heterocycles. The lowest BCUT2D eigenvalue weighted by Gasteiger charge is -2.54. The van der Waals surface area contributed by atoms with Gasteiger partial charge in [-0.2, -0.15) is 0 Å². The molecule has 9 aliphatic rings. The van der Waals surface area contributed by atoms with Crippen LogP contribution in [0.5, 0.6) is 0 Å². The second-order valence-electron chi connectivity index (χ2n) is 28.8. The minimum atomic E-state index is -3.73. The van der Waals surface area contributed by atoms with E-state index in [9.17, 15) is 178 Å². The van der Waals surface area contributed by atoms with E-state index >= 15 is 0 Å². The summed E-state index contributed by atoms with van der Waals surface area (Å²) in [5.74, 6) is -13.0. The number of rotatable bonds is 32. The number of carboxylic acid groups (broad SMARTS) is 2. The van der Waals surface area contributed by atoms with Gasteiger partial charge in [-0.05, 0) is 0 Å². The lowest BCUT2D eigenvalue weighted by molar-refractivity contribution is -0.425. The summed E-state index contributed by atoms with van der Waals surface area (Å²) in [5, 5.41) is 357. The van der Waals surface area contributed by atoms with Crippen molar-refractivity contribution in [3.63, 3.8) is 0 Å². The number of carboxylic acids is 2. The van der Waals surface area contributed by atoms with E-state index in [0.717, 1.165) is 6.92 Å². The van der Waals surface area contributed by atoms with Gasteiger partial charge in [0, 0.05) is 19.8 Å². The largest absolute Gasteiger partial charge is 0.477 e. The highest BCUT2D eigenvalue weighted by Gasteiger charge is 2.66. The van der Waals surface area contributed by atoms with Crippen LogP contribution < -0.4 is 5.32 Å². The molecular formula is C62H103NO52. The smallest absolute Gasteiger partial charge is 0.364 e. The molecule has 0 aromatic heterocycles. The van der Waals surface area contributed by atoms with Gasteiger partial charge in [0.15, 0.2) is 44.0 Å². The fourth-order valence-electron chi connectivity index (χ4n) is 14.7. The van der Waals surface area contributed by atoms with Gasteiger partial charge in [0.25, 0.3) is 11.6 Å². The number of hydrogen-bond acceptors (Lipinski definition) is 50. The quantitative estimate of drug-likeness (QED) is 0.0297. The molecule has 115 heavy (non-hydrogen) atoms. The third-order valence-electron chi connectivity index (χ3n) is 21.0. The third-order valence-corrected chi connectivity index (χ3v) is 21.0. The number of carbonyl (C=O) groups excluding carboxylic acids is 1. The molecule has 9 rings (SSSR count). The second kappa shape index (κ2) is 40.2. The summed E-state index contributed by atoms with van der Waals surface area (Å²) in [5.41, 5.74) is 0. The summed E-state index contributed by atoms with van der Waals surface area (Å²) in [6.45, 7) is -11.1. The summed E-state index contributed by atoms with van der Waals surface area (Å²) in [6, 6.07) is -2.12. The van der Waals surface area contributed by atoms with Gasteiger partial charge in [0.2, 0.25) is 5.91 Å². The number of aliphatic carboxylic acids is 2. The molecule has 33 N–H and O–H groups in total. The Hall–Kier alpha value is -3.47. The van der Waals surface area contributed by atoms with E-state index in [-0.39, 0.29) is 0 Å². The minimum absolute atomic E-state index is 0.848. The number of hydrogen-bond donors (Lipinski definition) is 33. The van der Waals surface area contributed by atoms with Crippen LogP contribution in [0, 0.1) is 0 Å². The van der Waals surface area contributed by atoms with E-state index in [1.54, 1.807) is 0 Å². The number of carbonyl (C=O) groups is 3. The van der Waals surface area contributed by atoms with E-state index in [1.165, 1.54) is 0 Å². The number of ether oxygens (including phenoxy) is 17. The van der Waals surface area contributed by atoms with Crippen LogP contribution >= 0.6 is 0 Å². The van der Waals surface area contributed by atoms with Crippen LogP contribution in [-0.2, 0) is 94.9 Å². The Morgan fingerprint density at radius 1 is 0.348 bits per heavy atom. The molecule has 668 valence electrons. The lowest BCUT2D eigenvalue weighted by Crippen LogP contribution is -2.72. The van der Waals surface area contributed by atoms with Gasteiger partial charge < -0.3 is 249 Å². The molecule has 1 amide bonds. The summed E-state index contributed by atoms with van der Waals surface area (Å²) in [4.78, 5) is 39.5. The molecule has 9 saturated heterocycles. The molecule has 9 heterocycles. The average Bonchev–Trinajstić information content (AvgIpc) is 0.748. The molecule has 9 fully saturated rings. The molecule has 53 heteroatoms. The Morgan fingerprint density at radius 2 is 0.713 bits per heavy atom. The SMILES string of the molecule is CC(=O)N[C@H]1[C@@H](OC2C(O[C@@H]3[C@H](O)[C@@H](O[C@H]4[C@@H]([C@H](O)CO)O[C@@](O)(C(=O)O)C[C@H]4O[C@]4(C(=O)O)C[C@@H](O)[C@@H](O)[C@@H]([C@H](O)CO)O4)O[C@H]([C@@H](O)CO)[C@H]3O[C@@H]3O[C@H](CO)[C@@H](O[C@@H]4O[C@H](CO)[C@H](O)[C@H](O)[C@H]4O)[C@H](O)[C@H]3O)OC(C(O)CO)C(O)C2O[C@H]2O[C@H](CO)[C@@H](O[C@@H]3O[C@H](CO)[C@H](O)[C@H](O)[C@H]3O)[C@H](O)[C@H]2O)O[C@H](CO)[C@@H](O)[C@@H]1O. The first-order chi connectivity index (χ1) is 54.2. The average molecular weight is 1690 g/mol. The van der Waals surface area contributed by atoms with E-state index in [2.05, 4.69) is 5.32 Å². The highest BCUT2D eigenvalue weighted by molar-refractivity contribution is 5.77. The highest BCUT2D eigenvalue weighted by atomic mass is 16.8. The van der Waals surface area contributed by atoms with E-state index in [4.69, 9.17) is 80.5 Å². The number of nitrogens with one attached hydrogen (secondary N) is 1. The van der Waals surface area contributed by atoms with Crippen molar-refractivity contribution in [1.82, 2.24) is 5.32 Å². The van der Waals surface area contributed by atoms with Gasteiger partial charge in [-0.25, -0.2) is 9.59 Å². The van der Waals surface area contributed by atoms with Crippen molar-refractivity contribution in [2.75, 3.05) is 59.5 Å². The molecule has 0 bridgehead atoms. The van der Waals surface area contributed by atoms with Crippen molar-refractivity contribution in [3.8, 4) is 0 Å². The predicted molar refractivity (Wildman–Crippen MR) is 343 cm³/mol. The zero-order valence-corrected chi connectivity index (χ0v) is 60.2. The Morgan fingerprint density at radius 3 is 1.17 bits per heavy atom. The van der Waals surface area contributed by atoms with Crippen LogP contribution in [0.2, 0.25) is 0 Å². The molecule has 47 atom stereocenters. The van der Waals surface area contributed by atoms with E-state index in [1.807, 2.05) is 0 Å². The van der Waals surface area contributed by atoms with Gasteiger partial charge in [-0.1, -0.05) is 0 Å². The van der Waals surface area contributed by atoms with Crippen LogP contribution in [0.15, 0.2) is 0 Å².